The Morgan fingerprint density at radius 3 is 2.73 bits per heavy atom. The van der Waals surface area contributed by atoms with Crippen molar-refractivity contribution in [2.24, 2.45) is 0 Å². The molecule has 2 aromatic carbocycles. The fraction of sp³-hybridized carbons (Fsp3) is 0.286. The number of carbonyl (C=O) groups excluding carboxylic acids is 3. The summed E-state index contributed by atoms with van der Waals surface area (Å²) in [7, 11) is 0. The summed E-state index contributed by atoms with van der Waals surface area (Å²) in [5, 5.41) is 13.9. The van der Waals surface area contributed by atoms with Crippen LogP contribution in [0.1, 0.15) is 51.6 Å². The van der Waals surface area contributed by atoms with Gasteiger partial charge in [-0.05, 0) is 18.6 Å². The molecule has 0 aromatic heterocycles. The lowest BCUT2D eigenvalue weighted by Gasteiger charge is -2.26. The van der Waals surface area contributed by atoms with Crippen LogP contribution in [0, 0.1) is 10.1 Å². The summed E-state index contributed by atoms with van der Waals surface area (Å²) in [5.74, 6) is -0.487. The Labute approximate surface area is 171 Å². The molecule has 0 spiro atoms. The summed E-state index contributed by atoms with van der Waals surface area (Å²) in [4.78, 5) is 48.6. The molecular formula is C21H19N3O6. The molecule has 2 aliphatic rings. The number of benzene rings is 2. The van der Waals surface area contributed by atoms with E-state index in [2.05, 4.69) is 5.32 Å². The second-order valence-electron chi connectivity index (χ2n) is 7.15. The van der Waals surface area contributed by atoms with Crippen LogP contribution in [0.5, 0.6) is 5.75 Å². The molecule has 1 atom stereocenters. The minimum atomic E-state index is -0.612. The minimum absolute atomic E-state index is 0.0254. The van der Waals surface area contributed by atoms with Gasteiger partial charge in [0.2, 0.25) is 5.91 Å². The summed E-state index contributed by atoms with van der Waals surface area (Å²) < 4.78 is 5.59. The van der Waals surface area contributed by atoms with E-state index >= 15 is 0 Å². The topological polar surface area (TPSA) is 119 Å². The van der Waals surface area contributed by atoms with Crippen LogP contribution in [0.25, 0.3) is 0 Å². The average molecular weight is 409 g/mol. The number of fused-ring (bicyclic) bond motifs is 2. The Morgan fingerprint density at radius 1 is 1.17 bits per heavy atom. The van der Waals surface area contributed by atoms with Crippen LogP contribution >= 0.6 is 0 Å². The molecule has 154 valence electrons. The van der Waals surface area contributed by atoms with Gasteiger partial charge in [-0.3, -0.25) is 29.4 Å². The summed E-state index contributed by atoms with van der Waals surface area (Å²) in [6.45, 7) is 0.584. The van der Waals surface area contributed by atoms with Gasteiger partial charge in [-0.25, -0.2) is 0 Å². The van der Waals surface area contributed by atoms with Crippen LogP contribution in [0.4, 0.5) is 5.69 Å². The fourth-order valence-corrected chi connectivity index (χ4v) is 3.75. The lowest BCUT2D eigenvalue weighted by atomic mass is 10.0. The minimum Gasteiger partial charge on any atom is -0.493 e. The first-order chi connectivity index (χ1) is 14.5. The summed E-state index contributed by atoms with van der Waals surface area (Å²) >= 11 is 0. The summed E-state index contributed by atoms with van der Waals surface area (Å²) in [6, 6.07) is 11.0. The van der Waals surface area contributed by atoms with Crippen LogP contribution in [-0.2, 0) is 4.79 Å². The van der Waals surface area contributed by atoms with E-state index in [1.807, 2.05) is 24.3 Å². The third kappa shape index (κ3) is 3.61. The van der Waals surface area contributed by atoms with Gasteiger partial charge in [0.1, 0.15) is 5.75 Å². The van der Waals surface area contributed by atoms with Crippen molar-refractivity contribution in [1.29, 1.82) is 0 Å². The molecule has 1 unspecified atom stereocenters. The number of nitro groups is 1. The number of non-ortho nitro benzene ring substituents is 1. The largest absolute Gasteiger partial charge is 0.493 e. The fourth-order valence-electron chi connectivity index (χ4n) is 3.75. The number of amides is 3. The lowest BCUT2D eigenvalue weighted by molar-refractivity contribution is -0.384. The molecule has 9 nitrogen and oxygen atoms in total. The van der Waals surface area contributed by atoms with Gasteiger partial charge in [-0.2, -0.15) is 0 Å². The molecular weight excluding hydrogens is 390 g/mol. The maximum atomic E-state index is 12.5. The molecule has 0 radical (unpaired) electrons. The number of hydrogen-bond acceptors (Lipinski definition) is 6. The van der Waals surface area contributed by atoms with E-state index in [4.69, 9.17) is 4.74 Å². The first kappa shape index (κ1) is 19.6. The van der Waals surface area contributed by atoms with Crippen LogP contribution in [-0.4, -0.2) is 40.7 Å². The smallest absolute Gasteiger partial charge is 0.270 e. The predicted octanol–water partition coefficient (Wildman–Crippen LogP) is 2.61. The first-order valence-corrected chi connectivity index (χ1v) is 9.61. The van der Waals surface area contributed by atoms with Crippen molar-refractivity contribution in [2.45, 2.75) is 25.3 Å². The lowest BCUT2D eigenvalue weighted by Crippen LogP contribution is -2.34. The van der Waals surface area contributed by atoms with Gasteiger partial charge in [0.25, 0.3) is 17.5 Å². The van der Waals surface area contributed by atoms with E-state index in [0.717, 1.165) is 22.3 Å². The van der Waals surface area contributed by atoms with Crippen LogP contribution in [0.15, 0.2) is 42.5 Å². The number of nitrogens with zero attached hydrogens (tertiary/aromatic N) is 2. The number of hydrogen-bond donors (Lipinski definition) is 1. The van der Waals surface area contributed by atoms with Crippen molar-refractivity contribution in [2.75, 3.05) is 13.2 Å². The van der Waals surface area contributed by atoms with Crippen molar-refractivity contribution < 1.29 is 24.0 Å². The Balaban J connectivity index is 1.34. The van der Waals surface area contributed by atoms with E-state index < -0.39 is 16.7 Å². The van der Waals surface area contributed by atoms with Gasteiger partial charge < -0.3 is 10.1 Å². The van der Waals surface area contributed by atoms with Crippen LogP contribution in [0.2, 0.25) is 0 Å². The van der Waals surface area contributed by atoms with Crippen molar-refractivity contribution >= 4 is 23.4 Å². The molecule has 0 aliphatic carbocycles. The van der Waals surface area contributed by atoms with Crippen LogP contribution in [0.3, 0.4) is 0 Å². The van der Waals surface area contributed by atoms with Gasteiger partial charge in [0.15, 0.2) is 0 Å². The second kappa shape index (κ2) is 7.94. The zero-order valence-electron chi connectivity index (χ0n) is 16.0. The molecule has 3 amide bonds. The van der Waals surface area contributed by atoms with Gasteiger partial charge in [0.05, 0.1) is 28.7 Å². The van der Waals surface area contributed by atoms with Crippen molar-refractivity contribution in [3.05, 3.63) is 69.3 Å². The number of ether oxygens (including phenoxy) is 1. The van der Waals surface area contributed by atoms with Crippen molar-refractivity contribution in [3.8, 4) is 5.75 Å². The zero-order valence-corrected chi connectivity index (χ0v) is 16.0. The SMILES string of the molecule is O=C(CCCN1C(=O)c2ccc([N+](=O)[O-])cc2C1=O)NC1CCOc2ccccc21. The number of nitro benzene ring substituents is 1. The van der Waals surface area contributed by atoms with E-state index in [-0.39, 0.29) is 41.7 Å². The molecule has 0 fully saturated rings. The normalized spacial score (nSPS) is 17.2. The average Bonchev–Trinajstić information content (AvgIpc) is 2.98. The summed E-state index contributed by atoms with van der Waals surface area (Å²) in [6.07, 6.45) is 1.11. The van der Waals surface area contributed by atoms with E-state index in [0.29, 0.717) is 19.4 Å². The highest BCUT2D eigenvalue weighted by atomic mass is 16.6. The number of nitrogens with one attached hydrogen (secondary N) is 1. The molecule has 0 saturated heterocycles. The monoisotopic (exact) mass is 409 g/mol. The third-order valence-electron chi connectivity index (χ3n) is 5.24. The molecule has 0 saturated carbocycles. The molecule has 9 heteroatoms. The van der Waals surface area contributed by atoms with Gasteiger partial charge in [0, 0.05) is 37.1 Å². The molecule has 2 aromatic rings. The maximum Gasteiger partial charge on any atom is 0.270 e. The third-order valence-corrected chi connectivity index (χ3v) is 5.24. The Hall–Kier alpha value is -3.75. The highest BCUT2D eigenvalue weighted by Gasteiger charge is 2.36. The van der Waals surface area contributed by atoms with E-state index in [1.54, 1.807) is 0 Å². The molecule has 0 bridgehead atoms. The van der Waals surface area contributed by atoms with E-state index in [9.17, 15) is 24.5 Å². The molecule has 2 heterocycles. The first-order valence-electron chi connectivity index (χ1n) is 9.61. The summed E-state index contributed by atoms with van der Waals surface area (Å²) in [5.41, 5.74) is 0.859. The second-order valence-corrected chi connectivity index (χ2v) is 7.15. The standard InChI is InChI=1S/C21H19N3O6/c25-19(22-17-9-11-30-18-5-2-1-4-15(17)18)6-3-10-23-20(26)14-8-7-13(24(28)29)12-16(14)21(23)27/h1-2,4-5,7-8,12,17H,3,6,9-11H2,(H,22,25). The Morgan fingerprint density at radius 2 is 1.93 bits per heavy atom. The Bertz CT molecular complexity index is 1050. The van der Waals surface area contributed by atoms with Gasteiger partial charge >= 0.3 is 0 Å². The molecule has 30 heavy (non-hydrogen) atoms. The highest BCUT2D eigenvalue weighted by Crippen LogP contribution is 2.31. The predicted molar refractivity (Wildman–Crippen MR) is 105 cm³/mol. The molecule has 1 N–H and O–H groups in total. The van der Waals surface area contributed by atoms with Crippen molar-refractivity contribution in [1.82, 2.24) is 10.2 Å². The number of rotatable bonds is 6. The number of imide groups is 1. The van der Waals surface area contributed by atoms with Gasteiger partial charge in [-0.15, -0.1) is 0 Å². The number of carbonyl (C=O) groups is 3. The van der Waals surface area contributed by atoms with Crippen LogP contribution < -0.4 is 10.1 Å². The number of para-hydroxylation sites is 1. The van der Waals surface area contributed by atoms with Crippen molar-refractivity contribution in [3.63, 3.8) is 0 Å². The van der Waals surface area contributed by atoms with E-state index in [1.165, 1.54) is 12.1 Å². The zero-order chi connectivity index (χ0) is 21.3. The highest BCUT2D eigenvalue weighted by molar-refractivity contribution is 6.21. The quantitative estimate of drug-likeness (QED) is 0.445. The molecule has 2 aliphatic heterocycles. The Kier molecular flexibility index (Phi) is 5.18. The van der Waals surface area contributed by atoms with Gasteiger partial charge in [-0.1, -0.05) is 18.2 Å². The molecule has 4 rings (SSSR count). The maximum absolute atomic E-state index is 12.5.